The summed E-state index contributed by atoms with van der Waals surface area (Å²) in [7, 11) is 0. The lowest BCUT2D eigenvalue weighted by Crippen LogP contribution is -2.33. The average Bonchev–Trinajstić information content (AvgIpc) is 2.85. The normalized spacial score (nSPS) is 16.1. The van der Waals surface area contributed by atoms with Crippen molar-refractivity contribution in [2.45, 2.75) is 26.9 Å². The van der Waals surface area contributed by atoms with Crippen LogP contribution in [0.15, 0.2) is 15.5 Å². The lowest BCUT2D eigenvalue weighted by atomic mass is 10.1. The highest BCUT2D eigenvalue weighted by Gasteiger charge is 2.18. The first-order chi connectivity index (χ1) is 8.50. The summed E-state index contributed by atoms with van der Waals surface area (Å²) in [6.45, 7) is 7.70. The molecule has 18 heavy (non-hydrogen) atoms. The number of nitrogens with one attached hydrogen (secondary N) is 1. The molecular weight excluding hydrogens is 294 g/mol. The molecule has 0 amide bonds. The summed E-state index contributed by atoms with van der Waals surface area (Å²) < 4.78 is 6.91. The van der Waals surface area contributed by atoms with Gasteiger partial charge in [0.1, 0.15) is 11.6 Å². The summed E-state index contributed by atoms with van der Waals surface area (Å²) in [6.07, 6.45) is -0.0783. The number of benzene rings is 1. The largest absolute Gasteiger partial charge is 0.482 e. The number of anilines is 1. The molecule has 1 atom stereocenters. The van der Waals surface area contributed by atoms with Gasteiger partial charge in [0.05, 0.1) is 12.2 Å². The monoisotopic (exact) mass is 311 g/mol. The summed E-state index contributed by atoms with van der Waals surface area (Å²) in [5.41, 5.74) is 8.77. The molecule has 4 nitrogen and oxygen atoms in total. The van der Waals surface area contributed by atoms with Crippen LogP contribution in [0.2, 0.25) is 0 Å². The summed E-state index contributed by atoms with van der Waals surface area (Å²) in [4.78, 5) is 4.37. The van der Waals surface area contributed by atoms with Crippen molar-refractivity contribution in [2.24, 2.45) is 4.99 Å². The van der Waals surface area contributed by atoms with Crippen molar-refractivity contribution in [3.8, 4) is 5.75 Å². The Morgan fingerprint density at radius 2 is 2.22 bits per heavy atom. The van der Waals surface area contributed by atoms with E-state index in [0.717, 1.165) is 46.0 Å². The van der Waals surface area contributed by atoms with E-state index in [-0.39, 0.29) is 6.10 Å². The lowest BCUT2D eigenvalue weighted by Gasteiger charge is -2.20. The van der Waals surface area contributed by atoms with E-state index in [0.29, 0.717) is 0 Å². The van der Waals surface area contributed by atoms with Gasteiger partial charge in [-0.05, 0) is 48.3 Å². The van der Waals surface area contributed by atoms with Gasteiger partial charge in [-0.15, -0.1) is 0 Å². The van der Waals surface area contributed by atoms with E-state index in [1.807, 2.05) is 26.8 Å². The Labute approximate surface area is 116 Å². The molecule has 1 unspecified atom stereocenters. The van der Waals surface area contributed by atoms with Gasteiger partial charge in [0.25, 0.3) is 0 Å². The maximum atomic E-state index is 6.01. The number of hydrogen-bond donors (Lipinski definition) is 2. The van der Waals surface area contributed by atoms with Gasteiger partial charge >= 0.3 is 0 Å². The summed E-state index contributed by atoms with van der Waals surface area (Å²) >= 11 is 3.45. The van der Waals surface area contributed by atoms with Crippen molar-refractivity contribution in [2.75, 3.05) is 18.8 Å². The molecule has 1 aromatic carbocycles. The molecule has 0 spiro atoms. The van der Waals surface area contributed by atoms with Crippen LogP contribution in [0.1, 0.15) is 18.1 Å². The van der Waals surface area contributed by atoms with Crippen molar-refractivity contribution >= 4 is 27.5 Å². The van der Waals surface area contributed by atoms with Gasteiger partial charge in [0.2, 0.25) is 0 Å². The van der Waals surface area contributed by atoms with E-state index in [1.165, 1.54) is 0 Å². The second-order valence-corrected chi connectivity index (χ2v) is 5.35. The number of nitrogen functional groups attached to an aromatic ring is 1. The highest BCUT2D eigenvalue weighted by molar-refractivity contribution is 9.10. The van der Waals surface area contributed by atoms with Crippen molar-refractivity contribution in [3.63, 3.8) is 0 Å². The van der Waals surface area contributed by atoms with Crippen molar-refractivity contribution in [1.29, 1.82) is 0 Å². The smallest absolute Gasteiger partial charge is 0.152 e. The Morgan fingerprint density at radius 1 is 1.50 bits per heavy atom. The van der Waals surface area contributed by atoms with Crippen molar-refractivity contribution in [1.82, 2.24) is 5.32 Å². The number of nitrogens with zero attached hydrogens (tertiary/aromatic N) is 1. The Kier molecular flexibility index (Phi) is 3.80. The summed E-state index contributed by atoms with van der Waals surface area (Å²) in [5, 5.41) is 3.23. The number of rotatable bonds is 3. The van der Waals surface area contributed by atoms with Crippen LogP contribution in [0.25, 0.3) is 0 Å². The van der Waals surface area contributed by atoms with Crippen molar-refractivity contribution in [3.05, 3.63) is 21.7 Å². The third-order valence-electron chi connectivity index (χ3n) is 3.08. The van der Waals surface area contributed by atoms with E-state index >= 15 is 0 Å². The second kappa shape index (κ2) is 5.18. The molecule has 0 saturated carbocycles. The minimum Gasteiger partial charge on any atom is -0.482 e. The van der Waals surface area contributed by atoms with E-state index in [2.05, 4.69) is 26.2 Å². The topological polar surface area (TPSA) is 59.6 Å². The Bertz CT molecular complexity index is 499. The van der Waals surface area contributed by atoms with Crippen LogP contribution in [-0.2, 0) is 0 Å². The molecule has 1 aromatic rings. The lowest BCUT2D eigenvalue weighted by molar-refractivity contribution is 0.280. The predicted octanol–water partition coefficient (Wildman–Crippen LogP) is 2.42. The average molecular weight is 312 g/mol. The quantitative estimate of drug-likeness (QED) is 0.843. The SMILES string of the molecule is Cc1cc(Br)c(N)c(C)c1OC(C)C1=NCCN1. The maximum absolute atomic E-state index is 6.01. The third kappa shape index (κ3) is 2.46. The second-order valence-electron chi connectivity index (χ2n) is 4.50. The molecule has 0 radical (unpaired) electrons. The zero-order valence-corrected chi connectivity index (χ0v) is 12.5. The molecule has 3 N–H and O–H groups in total. The first-order valence-corrected chi connectivity index (χ1v) is 6.80. The van der Waals surface area contributed by atoms with Gasteiger partial charge in [0.15, 0.2) is 6.10 Å². The standard InChI is InChI=1S/C13H18BrN3O/c1-7-6-10(14)11(15)8(2)12(7)18-9(3)13-16-4-5-17-13/h6,9H,4-5,15H2,1-3H3,(H,16,17). The Balaban J connectivity index is 2.26. The molecule has 0 fully saturated rings. The molecule has 1 aliphatic heterocycles. The number of aryl methyl sites for hydroxylation is 1. The molecule has 98 valence electrons. The summed E-state index contributed by atoms with van der Waals surface area (Å²) in [6, 6.07) is 1.98. The minimum atomic E-state index is -0.0783. The fourth-order valence-electron chi connectivity index (χ4n) is 2.03. The zero-order valence-electron chi connectivity index (χ0n) is 10.9. The summed E-state index contributed by atoms with van der Waals surface area (Å²) in [5.74, 6) is 1.76. The van der Waals surface area contributed by atoms with E-state index < -0.39 is 0 Å². The van der Waals surface area contributed by atoms with Gasteiger partial charge in [-0.25, -0.2) is 0 Å². The third-order valence-corrected chi connectivity index (χ3v) is 3.74. The number of amidine groups is 1. The predicted molar refractivity (Wildman–Crippen MR) is 78.4 cm³/mol. The molecule has 0 bridgehead atoms. The van der Waals surface area contributed by atoms with Crippen LogP contribution in [0.3, 0.4) is 0 Å². The molecule has 0 aliphatic carbocycles. The highest BCUT2D eigenvalue weighted by Crippen LogP contribution is 2.34. The van der Waals surface area contributed by atoms with Crippen LogP contribution in [0.4, 0.5) is 5.69 Å². The first kappa shape index (κ1) is 13.2. The molecule has 0 aromatic heterocycles. The zero-order chi connectivity index (χ0) is 13.3. The Hall–Kier alpha value is -1.23. The van der Waals surface area contributed by atoms with Crippen LogP contribution in [-0.4, -0.2) is 25.0 Å². The van der Waals surface area contributed by atoms with Crippen LogP contribution < -0.4 is 15.8 Å². The number of hydrogen-bond acceptors (Lipinski definition) is 4. The number of aliphatic imine (C=N–C) groups is 1. The van der Waals surface area contributed by atoms with Gasteiger partial charge in [0, 0.05) is 16.6 Å². The maximum Gasteiger partial charge on any atom is 0.152 e. The molecule has 5 heteroatoms. The van der Waals surface area contributed by atoms with E-state index in [4.69, 9.17) is 10.5 Å². The van der Waals surface area contributed by atoms with Gasteiger partial charge in [-0.3, -0.25) is 4.99 Å². The van der Waals surface area contributed by atoms with E-state index in [9.17, 15) is 0 Å². The van der Waals surface area contributed by atoms with Gasteiger partial charge in [-0.1, -0.05) is 0 Å². The number of nitrogens with two attached hydrogens (primary N) is 1. The van der Waals surface area contributed by atoms with E-state index in [1.54, 1.807) is 0 Å². The van der Waals surface area contributed by atoms with Gasteiger partial charge < -0.3 is 15.8 Å². The molecule has 1 heterocycles. The first-order valence-electron chi connectivity index (χ1n) is 6.00. The minimum absolute atomic E-state index is 0.0783. The number of halogens is 1. The van der Waals surface area contributed by atoms with Gasteiger partial charge in [-0.2, -0.15) is 0 Å². The number of ether oxygens (including phenoxy) is 1. The molecule has 2 rings (SSSR count). The van der Waals surface area contributed by atoms with Crippen LogP contribution in [0.5, 0.6) is 5.75 Å². The van der Waals surface area contributed by atoms with Crippen LogP contribution in [0, 0.1) is 13.8 Å². The van der Waals surface area contributed by atoms with Crippen molar-refractivity contribution < 1.29 is 4.74 Å². The highest BCUT2D eigenvalue weighted by atomic mass is 79.9. The molecule has 1 aliphatic rings. The fourth-order valence-corrected chi connectivity index (χ4v) is 2.67. The Morgan fingerprint density at radius 3 is 2.83 bits per heavy atom. The fraction of sp³-hybridized carbons (Fsp3) is 0.462. The molecular formula is C13H18BrN3O. The van der Waals surface area contributed by atoms with Crippen LogP contribution >= 0.6 is 15.9 Å². The molecule has 0 saturated heterocycles.